The van der Waals surface area contributed by atoms with Crippen LogP contribution in [0.15, 0.2) is 0 Å². The Balaban J connectivity index is 3.76. The fraction of sp³-hybridized carbons (Fsp3) is 0.600. The summed E-state index contributed by atoms with van der Waals surface area (Å²) >= 11 is -2.09. The standard InChI is InChI=1S/C5H8O2S/c1-3-5(4-2)8(6)7/h1,5H,4H2,2H3,(H,6,7)/p-1. The third kappa shape index (κ3) is 2.10. The van der Waals surface area contributed by atoms with Crippen LogP contribution in [0.5, 0.6) is 0 Å². The fourth-order valence-electron chi connectivity index (χ4n) is 0.309. The molecule has 0 aromatic heterocycles. The summed E-state index contributed by atoms with van der Waals surface area (Å²) in [5, 5.41) is -0.602. The van der Waals surface area contributed by atoms with Crippen LogP contribution < -0.4 is 0 Å². The molecule has 0 fully saturated rings. The zero-order chi connectivity index (χ0) is 6.57. The minimum absolute atomic E-state index is 0.493. The third-order valence-electron chi connectivity index (χ3n) is 0.789. The van der Waals surface area contributed by atoms with Gasteiger partial charge in [0.25, 0.3) is 0 Å². The van der Waals surface area contributed by atoms with Gasteiger partial charge >= 0.3 is 0 Å². The van der Waals surface area contributed by atoms with E-state index in [1.807, 2.05) is 0 Å². The van der Waals surface area contributed by atoms with Gasteiger partial charge in [0, 0.05) is 0 Å². The molecule has 46 valence electrons. The second-order valence-electron chi connectivity index (χ2n) is 1.32. The van der Waals surface area contributed by atoms with Gasteiger partial charge in [0.1, 0.15) is 0 Å². The lowest BCUT2D eigenvalue weighted by Gasteiger charge is -2.09. The molecule has 0 saturated heterocycles. The van der Waals surface area contributed by atoms with Crippen molar-refractivity contribution >= 4 is 11.1 Å². The Kier molecular flexibility index (Phi) is 3.49. The van der Waals surface area contributed by atoms with Crippen LogP contribution in [0.1, 0.15) is 13.3 Å². The maximum absolute atomic E-state index is 10.0. The molecular formula is C5H7O2S-. The van der Waals surface area contributed by atoms with Crippen molar-refractivity contribution in [3.05, 3.63) is 0 Å². The van der Waals surface area contributed by atoms with E-state index in [-0.39, 0.29) is 0 Å². The van der Waals surface area contributed by atoms with Crippen molar-refractivity contribution in [2.75, 3.05) is 0 Å². The van der Waals surface area contributed by atoms with Gasteiger partial charge in [0.2, 0.25) is 0 Å². The highest BCUT2D eigenvalue weighted by Crippen LogP contribution is 1.95. The van der Waals surface area contributed by atoms with Crippen molar-refractivity contribution < 1.29 is 8.76 Å². The Hall–Kier alpha value is -0.330. The predicted octanol–water partition coefficient (Wildman–Crippen LogP) is 0.277. The molecular weight excluding hydrogens is 124 g/mol. The van der Waals surface area contributed by atoms with E-state index in [0.29, 0.717) is 6.42 Å². The maximum Gasteiger partial charge on any atom is 0.0819 e. The molecule has 0 N–H and O–H groups in total. The SMILES string of the molecule is C#CC(CC)S(=O)[O-]. The maximum atomic E-state index is 10.0. The molecule has 0 saturated carbocycles. The van der Waals surface area contributed by atoms with Crippen LogP contribution >= 0.6 is 0 Å². The van der Waals surface area contributed by atoms with Crippen molar-refractivity contribution in [3.8, 4) is 12.3 Å². The minimum Gasteiger partial charge on any atom is -0.771 e. The van der Waals surface area contributed by atoms with Gasteiger partial charge in [-0.15, -0.1) is 6.42 Å². The molecule has 0 aliphatic rings. The van der Waals surface area contributed by atoms with Gasteiger partial charge in [0.15, 0.2) is 0 Å². The summed E-state index contributed by atoms with van der Waals surface area (Å²) in [5.41, 5.74) is 0. The first-order valence-electron chi connectivity index (χ1n) is 2.26. The van der Waals surface area contributed by atoms with E-state index >= 15 is 0 Å². The molecule has 3 heteroatoms. The Labute approximate surface area is 51.6 Å². The average Bonchev–Trinajstić information content (AvgIpc) is 1.69. The zero-order valence-electron chi connectivity index (χ0n) is 4.59. The highest BCUT2D eigenvalue weighted by atomic mass is 32.2. The van der Waals surface area contributed by atoms with E-state index in [9.17, 15) is 8.76 Å². The summed E-state index contributed by atoms with van der Waals surface area (Å²) in [7, 11) is 0. The van der Waals surface area contributed by atoms with E-state index in [4.69, 9.17) is 6.42 Å². The minimum atomic E-state index is -2.09. The predicted molar refractivity (Wildman–Crippen MR) is 31.8 cm³/mol. The zero-order valence-corrected chi connectivity index (χ0v) is 5.40. The van der Waals surface area contributed by atoms with Gasteiger partial charge < -0.3 is 4.55 Å². The lowest BCUT2D eigenvalue weighted by molar-refractivity contribution is 0.529. The second kappa shape index (κ2) is 3.65. The Morgan fingerprint density at radius 3 is 2.50 bits per heavy atom. The van der Waals surface area contributed by atoms with E-state index in [1.165, 1.54) is 0 Å². The molecule has 0 spiro atoms. The van der Waals surface area contributed by atoms with Gasteiger partial charge in [-0.3, -0.25) is 4.21 Å². The summed E-state index contributed by atoms with van der Waals surface area (Å²) in [6, 6.07) is 0. The van der Waals surface area contributed by atoms with E-state index < -0.39 is 16.3 Å². The van der Waals surface area contributed by atoms with E-state index in [0.717, 1.165) is 0 Å². The molecule has 0 radical (unpaired) electrons. The number of rotatable bonds is 2. The van der Waals surface area contributed by atoms with Crippen LogP contribution in [0.2, 0.25) is 0 Å². The monoisotopic (exact) mass is 131 g/mol. The lowest BCUT2D eigenvalue weighted by Crippen LogP contribution is -2.09. The molecule has 0 aromatic carbocycles. The van der Waals surface area contributed by atoms with Crippen LogP contribution in [0.4, 0.5) is 0 Å². The van der Waals surface area contributed by atoms with Gasteiger partial charge in [-0.25, -0.2) is 0 Å². The first-order chi connectivity index (χ1) is 3.72. The number of hydrogen-bond donors (Lipinski definition) is 0. The van der Waals surface area contributed by atoms with E-state index in [2.05, 4.69) is 5.92 Å². The van der Waals surface area contributed by atoms with Gasteiger partial charge in [0.05, 0.1) is 5.25 Å². The van der Waals surface area contributed by atoms with Crippen molar-refractivity contribution in [2.45, 2.75) is 18.6 Å². The largest absolute Gasteiger partial charge is 0.771 e. The molecule has 0 aromatic rings. The highest BCUT2D eigenvalue weighted by Gasteiger charge is 1.97. The summed E-state index contributed by atoms with van der Waals surface area (Å²) in [6.07, 6.45) is 5.33. The first kappa shape index (κ1) is 7.67. The summed E-state index contributed by atoms with van der Waals surface area (Å²) in [4.78, 5) is 0. The molecule has 2 atom stereocenters. The molecule has 8 heavy (non-hydrogen) atoms. The summed E-state index contributed by atoms with van der Waals surface area (Å²) in [5.74, 6) is 2.14. The van der Waals surface area contributed by atoms with Gasteiger partial charge in [-0.2, -0.15) is 0 Å². The molecule has 0 amide bonds. The second-order valence-corrected chi connectivity index (χ2v) is 2.41. The Morgan fingerprint density at radius 1 is 2.00 bits per heavy atom. The van der Waals surface area contributed by atoms with Crippen LogP contribution in [-0.4, -0.2) is 14.0 Å². The van der Waals surface area contributed by atoms with Crippen LogP contribution in [0, 0.1) is 12.3 Å². The normalized spacial score (nSPS) is 16.6. The van der Waals surface area contributed by atoms with Gasteiger partial charge in [-0.05, 0) is 17.5 Å². The van der Waals surface area contributed by atoms with Crippen LogP contribution in [0.3, 0.4) is 0 Å². The Bertz CT molecular complexity index is 125. The summed E-state index contributed by atoms with van der Waals surface area (Å²) < 4.78 is 20.0. The first-order valence-corrected chi connectivity index (χ1v) is 3.40. The molecule has 0 heterocycles. The van der Waals surface area contributed by atoms with Crippen LogP contribution in [-0.2, 0) is 11.1 Å². The third-order valence-corrected chi connectivity index (χ3v) is 1.72. The number of hydrogen-bond acceptors (Lipinski definition) is 2. The molecule has 0 bridgehead atoms. The molecule has 2 nitrogen and oxygen atoms in total. The molecule has 0 aliphatic heterocycles. The quantitative estimate of drug-likeness (QED) is 0.399. The average molecular weight is 131 g/mol. The highest BCUT2D eigenvalue weighted by molar-refractivity contribution is 7.80. The number of terminal acetylenes is 1. The van der Waals surface area contributed by atoms with Gasteiger partial charge in [-0.1, -0.05) is 12.8 Å². The molecule has 0 aliphatic carbocycles. The van der Waals surface area contributed by atoms with Crippen molar-refractivity contribution in [1.82, 2.24) is 0 Å². The fourth-order valence-corrected chi connectivity index (χ4v) is 0.693. The van der Waals surface area contributed by atoms with Crippen LogP contribution in [0.25, 0.3) is 0 Å². The molecule has 2 unspecified atom stereocenters. The van der Waals surface area contributed by atoms with Crippen molar-refractivity contribution in [1.29, 1.82) is 0 Å². The lowest BCUT2D eigenvalue weighted by atomic mass is 10.3. The van der Waals surface area contributed by atoms with E-state index in [1.54, 1.807) is 6.92 Å². The molecule has 0 rings (SSSR count). The topological polar surface area (TPSA) is 40.1 Å². The smallest absolute Gasteiger partial charge is 0.0819 e. The van der Waals surface area contributed by atoms with Crippen molar-refractivity contribution in [2.24, 2.45) is 0 Å². The van der Waals surface area contributed by atoms with Crippen molar-refractivity contribution in [3.63, 3.8) is 0 Å². The summed E-state index contributed by atoms with van der Waals surface area (Å²) in [6.45, 7) is 1.74. The Morgan fingerprint density at radius 2 is 2.50 bits per heavy atom.